The van der Waals surface area contributed by atoms with Crippen LogP contribution in [-0.4, -0.2) is 36.4 Å². The molecule has 2 rings (SSSR count). The van der Waals surface area contributed by atoms with Crippen LogP contribution in [0.2, 0.25) is 0 Å². The van der Waals surface area contributed by atoms with Crippen LogP contribution in [0.15, 0.2) is 29.2 Å². The van der Waals surface area contributed by atoms with E-state index in [0.717, 1.165) is 16.3 Å². The van der Waals surface area contributed by atoms with Crippen molar-refractivity contribution < 1.29 is 18.3 Å². The lowest BCUT2D eigenvalue weighted by molar-refractivity contribution is -0.142. The summed E-state index contributed by atoms with van der Waals surface area (Å²) in [6.07, 6.45) is 1.83. The van der Waals surface area contributed by atoms with Crippen LogP contribution in [0.4, 0.5) is 0 Å². The molecule has 1 aliphatic heterocycles. The number of hydrogen-bond donors (Lipinski definition) is 1. The molecule has 1 heterocycles. The summed E-state index contributed by atoms with van der Waals surface area (Å²) >= 11 is 0. The molecule has 6 heteroatoms. The molecule has 1 atom stereocenters. The number of hydrogen-bond acceptors (Lipinski definition) is 3. The molecule has 19 heavy (non-hydrogen) atoms. The van der Waals surface area contributed by atoms with Gasteiger partial charge in [0.1, 0.15) is 6.04 Å². The smallest absolute Gasteiger partial charge is 0.322 e. The monoisotopic (exact) mass is 283 g/mol. The minimum Gasteiger partial charge on any atom is -0.480 e. The van der Waals surface area contributed by atoms with Gasteiger partial charge in [-0.1, -0.05) is 17.7 Å². The zero-order valence-corrected chi connectivity index (χ0v) is 11.6. The van der Waals surface area contributed by atoms with Gasteiger partial charge in [0, 0.05) is 6.54 Å². The largest absolute Gasteiger partial charge is 0.480 e. The standard InChI is InChI=1S/C13H17NO4S/c1-10-5-7-11(8-6-10)19(17,18)14-9-3-2-4-12(14)13(15)16/h5-8,12H,2-4,9H2,1H3,(H,15,16)/t12-/m0/s1. The molecule has 0 saturated carbocycles. The lowest BCUT2D eigenvalue weighted by atomic mass is 10.1. The maximum absolute atomic E-state index is 12.5. The van der Waals surface area contributed by atoms with Gasteiger partial charge in [-0.25, -0.2) is 8.42 Å². The van der Waals surface area contributed by atoms with Crippen molar-refractivity contribution >= 4 is 16.0 Å². The number of aryl methyl sites for hydroxylation is 1. The minimum atomic E-state index is -3.72. The van der Waals surface area contributed by atoms with Crippen LogP contribution in [-0.2, 0) is 14.8 Å². The molecule has 1 saturated heterocycles. The van der Waals surface area contributed by atoms with E-state index in [9.17, 15) is 13.2 Å². The predicted octanol–water partition coefficient (Wildman–Crippen LogP) is 1.62. The number of aliphatic carboxylic acids is 1. The van der Waals surface area contributed by atoms with Gasteiger partial charge in [-0.2, -0.15) is 4.31 Å². The van der Waals surface area contributed by atoms with Gasteiger partial charge in [0.2, 0.25) is 10.0 Å². The van der Waals surface area contributed by atoms with Crippen LogP contribution < -0.4 is 0 Å². The van der Waals surface area contributed by atoms with Crippen LogP contribution in [0.5, 0.6) is 0 Å². The molecule has 0 unspecified atom stereocenters. The molecule has 1 aromatic rings. The Morgan fingerprint density at radius 3 is 2.47 bits per heavy atom. The summed E-state index contributed by atoms with van der Waals surface area (Å²) in [5.41, 5.74) is 0.965. The van der Waals surface area contributed by atoms with E-state index in [2.05, 4.69) is 0 Å². The van der Waals surface area contributed by atoms with Gasteiger partial charge in [-0.05, 0) is 38.3 Å². The lowest BCUT2D eigenvalue weighted by Crippen LogP contribution is -2.47. The van der Waals surface area contributed by atoms with E-state index in [1.54, 1.807) is 12.1 Å². The molecular formula is C13H17NO4S. The van der Waals surface area contributed by atoms with E-state index in [-0.39, 0.29) is 11.4 Å². The molecule has 104 valence electrons. The molecule has 1 aliphatic rings. The highest BCUT2D eigenvalue weighted by molar-refractivity contribution is 7.89. The third-order valence-corrected chi connectivity index (χ3v) is 5.29. The van der Waals surface area contributed by atoms with Crippen molar-refractivity contribution in [3.05, 3.63) is 29.8 Å². The van der Waals surface area contributed by atoms with E-state index >= 15 is 0 Å². The molecule has 1 fully saturated rings. The Kier molecular flexibility index (Phi) is 3.91. The summed E-state index contributed by atoms with van der Waals surface area (Å²) < 4.78 is 26.1. The number of sulfonamides is 1. The van der Waals surface area contributed by atoms with Crippen LogP contribution in [0.25, 0.3) is 0 Å². The first-order valence-electron chi connectivity index (χ1n) is 6.24. The van der Waals surface area contributed by atoms with Gasteiger partial charge in [-0.15, -0.1) is 0 Å². The van der Waals surface area contributed by atoms with Crippen molar-refractivity contribution in [1.29, 1.82) is 0 Å². The van der Waals surface area contributed by atoms with E-state index in [4.69, 9.17) is 5.11 Å². The topological polar surface area (TPSA) is 74.7 Å². The number of carbonyl (C=O) groups is 1. The fourth-order valence-corrected chi connectivity index (χ4v) is 3.94. The highest BCUT2D eigenvalue weighted by Crippen LogP contribution is 2.25. The summed E-state index contributed by atoms with van der Waals surface area (Å²) in [7, 11) is -3.72. The lowest BCUT2D eigenvalue weighted by Gasteiger charge is -2.31. The summed E-state index contributed by atoms with van der Waals surface area (Å²) in [6.45, 7) is 2.14. The van der Waals surface area contributed by atoms with Crippen LogP contribution in [0.3, 0.4) is 0 Å². The first-order valence-corrected chi connectivity index (χ1v) is 7.68. The molecule has 5 nitrogen and oxygen atoms in total. The summed E-state index contributed by atoms with van der Waals surface area (Å²) in [5, 5.41) is 9.16. The quantitative estimate of drug-likeness (QED) is 0.914. The second-order valence-corrected chi connectivity index (χ2v) is 6.67. The normalized spacial score (nSPS) is 21.2. The van der Waals surface area contributed by atoms with E-state index in [1.807, 2.05) is 6.92 Å². The second-order valence-electron chi connectivity index (χ2n) is 4.78. The van der Waals surface area contributed by atoms with Crippen LogP contribution >= 0.6 is 0 Å². The highest BCUT2D eigenvalue weighted by atomic mass is 32.2. The SMILES string of the molecule is Cc1ccc(S(=O)(=O)N2CCCC[C@H]2C(=O)O)cc1. The Hall–Kier alpha value is -1.40. The third-order valence-electron chi connectivity index (χ3n) is 3.37. The van der Waals surface area contributed by atoms with Gasteiger partial charge >= 0.3 is 5.97 Å². The summed E-state index contributed by atoms with van der Waals surface area (Å²) in [6, 6.07) is 5.54. The zero-order chi connectivity index (χ0) is 14.0. The Morgan fingerprint density at radius 1 is 1.26 bits per heavy atom. The van der Waals surface area contributed by atoms with Crippen molar-refractivity contribution in [3.63, 3.8) is 0 Å². The maximum atomic E-state index is 12.5. The Bertz CT molecular complexity index is 565. The number of benzene rings is 1. The number of carboxylic acid groups (broad SMARTS) is 1. The Balaban J connectivity index is 2.37. The van der Waals surface area contributed by atoms with Crippen molar-refractivity contribution in [2.24, 2.45) is 0 Å². The first kappa shape index (κ1) is 14.0. The number of piperidine rings is 1. The van der Waals surface area contributed by atoms with Crippen molar-refractivity contribution in [3.8, 4) is 0 Å². The highest BCUT2D eigenvalue weighted by Gasteiger charge is 2.37. The molecule has 0 spiro atoms. The third kappa shape index (κ3) is 2.79. The number of rotatable bonds is 3. The van der Waals surface area contributed by atoms with Gasteiger partial charge in [0.15, 0.2) is 0 Å². The molecule has 1 N–H and O–H groups in total. The molecule has 0 aromatic heterocycles. The molecule has 1 aromatic carbocycles. The van der Waals surface area contributed by atoms with Crippen LogP contribution in [0.1, 0.15) is 24.8 Å². The summed E-state index contributed by atoms with van der Waals surface area (Å²) in [5.74, 6) is -1.07. The van der Waals surface area contributed by atoms with Crippen LogP contribution in [0, 0.1) is 6.92 Å². The molecule has 0 bridgehead atoms. The Labute approximate surface area is 112 Å². The van der Waals surface area contributed by atoms with E-state index in [1.165, 1.54) is 12.1 Å². The van der Waals surface area contributed by atoms with Crippen molar-refractivity contribution in [2.45, 2.75) is 37.1 Å². The van der Waals surface area contributed by atoms with Crippen molar-refractivity contribution in [2.75, 3.05) is 6.54 Å². The Morgan fingerprint density at radius 2 is 1.89 bits per heavy atom. The molecule has 0 amide bonds. The zero-order valence-electron chi connectivity index (χ0n) is 10.7. The van der Waals surface area contributed by atoms with Gasteiger partial charge < -0.3 is 5.11 Å². The molecular weight excluding hydrogens is 266 g/mol. The van der Waals surface area contributed by atoms with Crippen molar-refractivity contribution in [1.82, 2.24) is 4.31 Å². The average molecular weight is 283 g/mol. The fourth-order valence-electron chi connectivity index (χ4n) is 2.29. The average Bonchev–Trinajstić information content (AvgIpc) is 2.39. The first-order chi connectivity index (χ1) is 8.93. The van der Waals surface area contributed by atoms with E-state index in [0.29, 0.717) is 12.8 Å². The summed E-state index contributed by atoms with van der Waals surface area (Å²) in [4.78, 5) is 11.3. The fraction of sp³-hybridized carbons (Fsp3) is 0.462. The predicted molar refractivity (Wildman–Crippen MR) is 70.3 cm³/mol. The van der Waals surface area contributed by atoms with Gasteiger partial charge in [0.05, 0.1) is 4.90 Å². The van der Waals surface area contributed by atoms with Gasteiger partial charge in [-0.3, -0.25) is 4.79 Å². The second kappa shape index (κ2) is 5.30. The molecule has 0 aliphatic carbocycles. The molecule has 0 radical (unpaired) electrons. The number of carboxylic acids is 1. The van der Waals surface area contributed by atoms with Gasteiger partial charge in [0.25, 0.3) is 0 Å². The minimum absolute atomic E-state index is 0.159. The number of nitrogens with zero attached hydrogens (tertiary/aromatic N) is 1. The van der Waals surface area contributed by atoms with E-state index < -0.39 is 22.0 Å². The maximum Gasteiger partial charge on any atom is 0.322 e.